The van der Waals surface area contributed by atoms with Crippen LogP contribution < -0.4 is 0 Å². The maximum absolute atomic E-state index is 13.2. The summed E-state index contributed by atoms with van der Waals surface area (Å²) in [5, 5.41) is 0. The second-order valence-electron chi connectivity index (χ2n) is 3.18. The minimum absolute atomic E-state index is 0.134. The van der Waals surface area contributed by atoms with Crippen LogP contribution in [-0.4, -0.2) is 28.1 Å². The normalized spacial score (nSPS) is 10.6. The van der Waals surface area contributed by atoms with Crippen molar-refractivity contribution in [3.8, 4) is 11.8 Å². The molecule has 108 valence electrons. The molecule has 0 unspecified atom stereocenters. The van der Waals surface area contributed by atoms with E-state index in [2.05, 4.69) is 20.8 Å². The van der Waals surface area contributed by atoms with Gasteiger partial charge in [-0.25, -0.2) is 13.2 Å². The number of benzene rings is 1. The Hall–Kier alpha value is -2.05. The average Bonchev–Trinajstić information content (AvgIpc) is 2.31. The highest BCUT2D eigenvalue weighted by Gasteiger charge is 2.25. The minimum atomic E-state index is -4.76. The van der Waals surface area contributed by atoms with Crippen LogP contribution in [0.2, 0.25) is 0 Å². The quantitative estimate of drug-likeness (QED) is 0.351. The molecular formula is C11H7F3O5S. The summed E-state index contributed by atoms with van der Waals surface area (Å²) in [6.07, 6.45) is 0. The lowest BCUT2D eigenvalue weighted by molar-refractivity contribution is -0.127. The molecule has 0 N–H and O–H groups in total. The van der Waals surface area contributed by atoms with E-state index in [1.165, 1.54) is 0 Å². The molecule has 0 aliphatic rings. The van der Waals surface area contributed by atoms with Crippen LogP contribution in [0.5, 0.6) is 0 Å². The fourth-order valence-electron chi connectivity index (χ4n) is 1.11. The first kappa shape index (κ1) is 16.0. The van der Waals surface area contributed by atoms with E-state index < -0.39 is 39.1 Å². The van der Waals surface area contributed by atoms with Gasteiger partial charge in [-0.05, 0) is 0 Å². The molecule has 5 nitrogen and oxygen atoms in total. The smallest absolute Gasteiger partial charge is 0.303 e. The molecule has 0 spiro atoms. The number of hydrogen-bond donors (Lipinski definition) is 0. The van der Waals surface area contributed by atoms with Crippen molar-refractivity contribution in [2.24, 2.45) is 0 Å². The molecule has 0 radical (unpaired) electrons. The van der Waals surface area contributed by atoms with Crippen molar-refractivity contribution in [3.63, 3.8) is 0 Å². The molecule has 0 fully saturated rings. The van der Waals surface area contributed by atoms with Crippen molar-refractivity contribution in [1.29, 1.82) is 0 Å². The van der Waals surface area contributed by atoms with Crippen LogP contribution in [-0.2, 0) is 23.8 Å². The minimum Gasteiger partial charge on any atom is -0.455 e. The highest BCUT2D eigenvalue weighted by molar-refractivity contribution is 7.86. The Bertz CT molecular complexity index is 637. The highest BCUT2D eigenvalue weighted by atomic mass is 32.2. The maximum atomic E-state index is 13.2. The van der Waals surface area contributed by atoms with Crippen molar-refractivity contribution < 1.29 is 35.3 Å². The van der Waals surface area contributed by atoms with Gasteiger partial charge in [0.25, 0.3) is 6.47 Å². The van der Waals surface area contributed by atoms with Gasteiger partial charge in [-0.15, -0.1) is 0 Å². The lowest BCUT2D eigenvalue weighted by Gasteiger charge is -2.05. The van der Waals surface area contributed by atoms with E-state index in [1.54, 1.807) is 0 Å². The van der Waals surface area contributed by atoms with Gasteiger partial charge in [0.1, 0.15) is 24.1 Å². The second-order valence-corrected chi connectivity index (χ2v) is 4.73. The third-order valence-electron chi connectivity index (χ3n) is 1.85. The zero-order chi connectivity index (χ0) is 15.2. The first-order chi connectivity index (χ1) is 9.38. The first-order valence-corrected chi connectivity index (χ1v) is 6.34. The molecule has 0 aliphatic heterocycles. The van der Waals surface area contributed by atoms with Gasteiger partial charge in [-0.1, -0.05) is 11.8 Å². The van der Waals surface area contributed by atoms with Crippen molar-refractivity contribution in [2.75, 3.05) is 13.2 Å². The third-order valence-corrected chi connectivity index (χ3v) is 3.17. The maximum Gasteiger partial charge on any atom is 0.303 e. The van der Waals surface area contributed by atoms with Gasteiger partial charge >= 0.3 is 10.1 Å². The summed E-state index contributed by atoms with van der Waals surface area (Å²) in [4.78, 5) is 8.35. The summed E-state index contributed by atoms with van der Waals surface area (Å²) in [7, 11) is -4.76. The van der Waals surface area contributed by atoms with Crippen molar-refractivity contribution >= 4 is 16.6 Å². The molecule has 1 aromatic carbocycles. The Balaban J connectivity index is 2.84. The molecule has 0 amide bonds. The molecular weight excluding hydrogens is 301 g/mol. The van der Waals surface area contributed by atoms with Gasteiger partial charge in [0.15, 0.2) is 11.5 Å². The number of halogens is 3. The molecule has 0 aromatic heterocycles. The van der Waals surface area contributed by atoms with E-state index >= 15 is 0 Å². The SMILES string of the molecule is O=COCC#CCOS(=O)(=O)c1c(F)cc(F)cc1F. The number of rotatable bonds is 5. The van der Waals surface area contributed by atoms with E-state index in [0.29, 0.717) is 0 Å². The van der Waals surface area contributed by atoms with Gasteiger partial charge in [-0.3, -0.25) is 8.98 Å². The van der Waals surface area contributed by atoms with Crippen LogP contribution in [0.4, 0.5) is 13.2 Å². The Morgan fingerprint density at radius 3 is 2.20 bits per heavy atom. The summed E-state index contributed by atoms with van der Waals surface area (Å²) in [6, 6.07) is 0.422. The predicted molar refractivity (Wildman–Crippen MR) is 59.2 cm³/mol. The summed E-state index contributed by atoms with van der Waals surface area (Å²) in [5.41, 5.74) is 0. The van der Waals surface area contributed by atoms with Gasteiger partial charge < -0.3 is 4.74 Å². The third kappa shape index (κ3) is 4.25. The number of carbonyl (C=O) groups excluding carboxylic acids is 1. The van der Waals surface area contributed by atoms with Gasteiger partial charge in [-0.2, -0.15) is 8.42 Å². The van der Waals surface area contributed by atoms with Crippen LogP contribution in [0.1, 0.15) is 0 Å². The van der Waals surface area contributed by atoms with Crippen molar-refractivity contribution in [2.45, 2.75) is 4.90 Å². The van der Waals surface area contributed by atoms with Gasteiger partial charge in [0.2, 0.25) is 0 Å². The molecule has 0 bridgehead atoms. The van der Waals surface area contributed by atoms with Gasteiger partial charge in [0.05, 0.1) is 0 Å². The molecule has 20 heavy (non-hydrogen) atoms. The Kier molecular flexibility index (Phi) is 5.54. The molecule has 0 atom stereocenters. The second kappa shape index (κ2) is 6.93. The predicted octanol–water partition coefficient (Wildman–Crippen LogP) is 0.986. The number of ether oxygens (including phenoxy) is 1. The molecule has 1 rings (SSSR count). The Morgan fingerprint density at radius 2 is 1.65 bits per heavy atom. The van der Waals surface area contributed by atoms with Crippen LogP contribution in [0.25, 0.3) is 0 Å². The molecule has 1 aromatic rings. The van der Waals surface area contributed by atoms with E-state index in [0.717, 1.165) is 0 Å². The fourth-order valence-corrected chi connectivity index (χ4v) is 2.04. The molecule has 0 heterocycles. The van der Waals surface area contributed by atoms with Crippen LogP contribution in [0, 0.1) is 29.3 Å². The van der Waals surface area contributed by atoms with Crippen LogP contribution in [0.3, 0.4) is 0 Å². The number of hydrogen-bond acceptors (Lipinski definition) is 5. The summed E-state index contributed by atoms with van der Waals surface area (Å²) >= 11 is 0. The van der Waals surface area contributed by atoms with E-state index in [4.69, 9.17) is 0 Å². The summed E-state index contributed by atoms with van der Waals surface area (Å²) < 4.78 is 70.6. The zero-order valence-corrected chi connectivity index (χ0v) is 10.5. The van der Waals surface area contributed by atoms with Crippen LogP contribution in [0.15, 0.2) is 17.0 Å². The van der Waals surface area contributed by atoms with E-state index in [1.807, 2.05) is 0 Å². The fraction of sp³-hybridized carbons (Fsp3) is 0.182. The van der Waals surface area contributed by atoms with Crippen molar-refractivity contribution in [3.05, 3.63) is 29.6 Å². The molecule has 0 aliphatic carbocycles. The van der Waals surface area contributed by atoms with Gasteiger partial charge in [0, 0.05) is 12.1 Å². The topological polar surface area (TPSA) is 69.7 Å². The van der Waals surface area contributed by atoms with Crippen LogP contribution >= 0.6 is 0 Å². The Labute approximate surface area is 112 Å². The standard InChI is InChI=1S/C11H7F3O5S/c12-8-5-9(13)11(10(14)6-8)20(16,17)19-4-2-1-3-18-7-15/h5-7H,3-4H2. The van der Waals surface area contributed by atoms with E-state index in [-0.39, 0.29) is 25.2 Å². The zero-order valence-electron chi connectivity index (χ0n) is 9.73. The monoisotopic (exact) mass is 308 g/mol. The molecule has 9 heteroatoms. The lowest BCUT2D eigenvalue weighted by Crippen LogP contribution is -2.11. The first-order valence-electron chi connectivity index (χ1n) is 4.93. The Morgan fingerprint density at radius 1 is 1.10 bits per heavy atom. The van der Waals surface area contributed by atoms with E-state index in [9.17, 15) is 26.4 Å². The molecule has 0 saturated carbocycles. The largest absolute Gasteiger partial charge is 0.455 e. The van der Waals surface area contributed by atoms with Crippen molar-refractivity contribution in [1.82, 2.24) is 0 Å². The summed E-state index contributed by atoms with van der Waals surface area (Å²) in [6.45, 7) is -0.859. The summed E-state index contributed by atoms with van der Waals surface area (Å²) in [5.74, 6) is -0.132. The average molecular weight is 308 g/mol. The molecule has 0 saturated heterocycles. The number of carbonyl (C=O) groups is 1. The highest BCUT2D eigenvalue weighted by Crippen LogP contribution is 2.21. The lowest BCUT2D eigenvalue weighted by atomic mass is 10.3.